The lowest BCUT2D eigenvalue weighted by Gasteiger charge is -2.36. The maximum Gasteiger partial charge on any atom is 0.401 e. The Hall–Kier alpha value is -1.43. The van der Waals surface area contributed by atoms with Gasteiger partial charge in [-0.3, -0.25) is 9.89 Å². The van der Waals surface area contributed by atoms with Crippen molar-refractivity contribution in [1.29, 1.82) is 0 Å². The Bertz CT molecular complexity index is 660. The average Bonchev–Trinajstić information content (AvgIpc) is 2.67. The Kier molecular flexibility index (Phi) is 11.6. The maximum absolute atomic E-state index is 12.4. The average molecular weight is 543 g/mol. The Balaban J connectivity index is 0.00000450. The van der Waals surface area contributed by atoms with Crippen LogP contribution in [0.1, 0.15) is 19.8 Å². The lowest BCUT2D eigenvalue weighted by molar-refractivity contribution is -0.142. The van der Waals surface area contributed by atoms with Gasteiger partial charge in [-0.15, -0.1) is 24.0 Å². The molecule has 0 aliphatic carbocycles. The highest BCUT2D eigenvalue weighted by Crippen LogP contribution is 2.29. The molecule has 0 bridgehead atoms. The van der Waals surface area contributed by atoms with Gasteiger partial charge in [-0.05, 0) is 38.9 Å². The molecule has 2 N–H and O–H groups in total. The number of hydrogen-bond acceptors (Lipinski definition) is 4. The molecule has 1 saturated heterocycles. The zero-order chi connectivity index (χ0) is 21.3. The van der Waals surface area contributed by atoms with Gasteiger partial charge >= 0.3 is 6.18 Å². The van der Waals surface area contributed by atoms with Crippen molar-refractivity contribution in [3.8, 4) is 5.75 Å². The van der Waals surface area contributed by atoms with Crippen LogP contribution in [-0.4, -0.2) is 76.5 Å². The van der Waals surface area contributed by atoms with E-state index in [0.717, 1.165) is 37.4 Å². The number of aliphatic imine (C=N–C) groups is 1. The summed E-state index contributed by atoms with van der Waals surface area (Å²) in [5.41, 5.74) is 1.07. The highest BCUT2D eigenvalue weighted by Gasteiger charge is 2.29. The molecule has 0 amide bonds. The minimum absolute atomic E-state index is 0. The van der Waals surface area contributed by atoms with Gasteiger partial charge in [0, 0.05) is 32.2 Å². The number of alkyl halides is 3. The molecular formula is C20H33F3IN5O. The maximum atomic E-state index is 12.4. The van der Waals surface area contributed by atoms with Crippen LogP contribution in [0.25, 0.3) is 0 Å². The monoisotopic (exact) mass is 543 g/mol. The number of rotatable bonds is 8. The van der Waals surface area contributed by atoms with Gasteiger partial charge < -0.3 is 20.3 Å². The van der Waals surface area contributed by atoms with Gasteiger partial charge in [0.25, 0.3) is 0 Å². The minimum Gasteiger partial charge on any atom is -0.495 e. The molecule has 2 rings (SSSR count). The molecule has 10 heteroatoms. The topological polar surface area (TPSA) is 52.1 Å². The first-order valence-electron chi connectivity index (χ1n) is 10.0. The molecule has 1 aromatic rings. The minimum atomic E-state index is -4.19. The summed E-state index contributed by atoms with van der Waals surface area (Å²) in [4.78, 5) is 7.98. The SMILES string of the molecule is CCNC(=NCCN(C)CC(F)(F)F)NC1CCCN(c2ccccc2OC)C1.I. The van der Waals surface area contributed by atoms with Crippen molar-refractivity contribution in [3.63, 3.8) is 0 Å². The van der Waals surface area contributed by atoms with Gasteiger partial charge in [-0.1, -0.05) is 12.1 Å². The number of ether oxygens (including phenoxy) is 1. The van der Waals surface area contributed by atoms with Crippen LogP contribution in [0.3, 0.4) is 0 Å². The molecular weight excluding hydrogens is 510 g/mol. The number of piperidine rings is 1. The molecule has 0 radical (unpaired) electrons. The number of benzene rings is 1. The van der Waals surface area contributed by atoms with E-state index in [1.54, 1.807) is 7.11 Å². The first kappa shape index (κ1) is 26.6. The van der Waals surface area contributed by atoms with Crippen molar-refractivity contribution in [3.05, 3.63) is 24.3 Å². The molecule has 172 valence electrons. The summed E-state index contributed by atoms with van der Waals surface area (Å²) in [6.07, 6.45) is -2.15. The van der Waals surface area contributed by atoms with Crippen molar-refractivity contribution < 1.29 is 17.9 Å². The van der Waals surface area contributed by atoms with Crippen molar-refractivity contribution in [1.82, 2.24) is 15.5 Å². The first-order chi connectivity index (χ1) is 13.8. The van der Waals surface area contributed by atoms with Crippen LogP contribution >= 0.6 is 24.0 Å². The summed E-state index contributed by atoms with van der Waals surface area (Å²) in [5.74, 6) is 1.49. The zero-order valence-corrected chi connectivity index (χ0v) is 20.2. The molecule has 1 aliphatic heterocycles. The summed E-state index contributed by atoms with van der Waals surface area (Å²) in [6.45, 7) is 4.03. The largest absolute Gasteiger partial charge is 0.495 e. The normalized spacial score (nSPS) is 17.5. The van der Waals surface area contributed by atoms with E-state index in [0.29, 0.717) is 19.0 Å². The van der Waals surface area contributed by atoms with E-state index in [9.17, 15) is 13.2 Å². The molecule has 0 aromatic heterocycles. The van der Waals surface area contributed by atoms with Gasteiger partial charge in [-0.2, -0.15) is 13.2 Å². The highest BCUT2D eigenvalue weighted by atomic mass is 127. The van der Waals surface area contributed by atoms with Crippen LogP contribution < -0.4 is 20.3 Å². The number of guanidine groups is 1. The van der Waals surface area contributed by atoms with Crippen LogP contribution in [-0.2, 0) is 0 Å². The summed E-state index contributed by atoms with van der Waals surface area (Å²) < 4.78 is 42.8. The van der Waals surface area contributed by atoms with Crippen LogP contribution in [0.15, 0.2) is 29.3 Å². The molecule has 1 heterocycles. The van der Waals surface area contributed by atoms with Crippen molar-refractivity contribution in [2.75, 3.05) is 58.3 Å². The highest BCUT2D eigenvalue weighted by molar-refractivity contribution is 14.0. The van der Waals surface area contributed by atoms with Crippen LogP contribution in [0.5, 0.6) is 5.75 Å². The van der Waals surface area contributed by atoms with Gasteiger partial charge in [0.2, 0.25) is 0 Å². The Morgan fingerprint density at radius 2 is 2.07 bits per heavy atom. The van der Waals surface area contributed by atoms with Crippen molar-refractivity contribution >= 4 is 35.6 Å². The van der Waals surface area contributed by atoms with E-state index in [2.05, 4.69) is 26.6 Å². The number of hydrogen-bond donors (Lipinski definition) is 2. The summed E-state index contributed by atoms with van der Waals surface area (Å²) in [7, 11) is 3.12. The molecule has 0 spiro atoms. The molecule has 1 atom stereocenters. The number of methoxy groups -OCH3 is 1. The third-order valence-corrected chi connectivity index (χ3v) is 4.73. The van der Waals surface area contributed by atoms with Gasteiger partial charge in [0.05, 0.1) is 25.9 Å². The van der Waals surface area contributed by atoms with Gasteiger partial charge in [-0.25, -0.2) is 0 Å². The lowest BCUT2D eigenvalue weighted by Crippen LogP contribution is -2.51. The smallest absolute Gasteiger partial charge is 0.401 e. The first-order valence-corrected chi connectivity index (χ1v) is 10.0. The molecule has 1 fully saturated rings. The standard InChI is InChI=1S/C20H32F3N5O.HI/c1-4-24-19(25-11-13-27(2)15-20(21,22)23)26-16-8-7-12-28(14-16)17-9-5-6-10-18(17)29-3;/h5-6,9-10,16H,4,7-8,11-15H2,1-3H3,(H2,24,25,26);1H. The Morgan fingerprint density at radius 3 is 2.73 bits per heavy atom. The van der Waals surface area contributed by atoms with Crippen molar-refractivity contribution in [2.45, 2.75) is 32.0 Å². The van der Waals surface area contributed by atoms with E-state index in [4.69, 9.17) is 4.74 Å². The number of halogens is 4. The fourth-order valence-corrected chi connectivity index (χ4v) is 3.44. The van der Waals surface area contributed by atoms with E-state index in [1.807, 2.05) is 25.1 Å². The predicted octanol–water partition coefficient (Wildman–Crippen LogP) is 3.33. The number of nitrogens with zero attached hydrogens (tertiary/aromatic N) is 3. The second kappa shape index (κ2) is 13.1. The van der Waals surface area contributed by atoms with Crippen LogP contribution in [0, 0.1) is 0 Å². The van der Waals surface area contributed by atoms with Crippen LogP contribution in [0.4, 0.5) is 18.9 Å². The van der Waals surface area contributed by atoms with E-state index < -0.39 is 12.7 Å². The van der Waals surface area contributed by atoms with E-state index in [-0.39, 0.29) is 36.6 Å². The zero-order valence-electron chi connectivity index (χ0n) is 17.8. The fraction of sp³-hybridized carbons (Fsp3) is 0.650. The molecule has 6 nitrogen and oxygen atoms in total. The van der Waals surface area contributed by atoms with Crippen LogP contribution in [0.2, 0.25) is 0 Å². The Morgan fingerprint density at radius 1 is 1.33 bits per heavy atom. The van der Waals surface area contributed by atoms with Gasteiger partial charge in [0.1, 0.15) is 5.75 Å². The molecule has 1 aromatic carbocycles. The predicted molar refractivity (Wildman–Crippen MR) is 126 cm³/mol. The number of anilines is 1. The van der Waals surface area contributed by atoms with E-state index >= 15 is 0 Å². The third kappa shape index (κ3) is 9.15. The molecule has 30 heavy (non-hydrogen) atoms. The number of likely N-dealkylation sites (N-methyl/N-ethyl adjacent to an activating group) is 1. The number of para-hydroxylation sites is 2. The molecule has 0 saturated carbocycles. The molecule has 1 aliphatic rings. The van der Waals surface area contributed by atoms with Crippen molar-refractivity contribution in [2.24, 2.45) is 4.99 Å². The lowest BCUT2D eigenvalue weighted by atomic mass is 10.0. The second-order valence-corrected chi connectivity index (χ2v) is 7.21. The molecule has 1 unspecified atom stereocenters. The fourth-order valence-electron chi connectivity index (χ4n) is 3.44. The number of nitrogens with one attached hydrogen (secondary N) is 2. The third-order valence-electron chi connectivity index (χ3n) is 4.73. The summed E-state index contributed by atoms with van der Waals surface area (Å²) in [6, 6.07) is 8.15. The summed E-state index contributed by atoms with van der Waals surface area (Å²) in [5, 5.41) is 6.62. The quantitative estimate of drug-likeness (QED) is 0.300. The van der Waals surface area contributed by atoms with E-state index in [1.165, 1.54) is 11.9 Å². The second-order valence-electron chi connectivity index (χ2n) is 7.21. The van der Waals surface area contributed by atoms with Gasteiger partial charge in [0.15, 0.2) is 5.96 Å². The Labute approximate surface area is 194 Å². The summed E-state index contributed by atoms with van der Waals surface area (Å²) >= 11 is 0.